The maximum absolute atomic E-state index is 6.89. The summed E-state index contributed by atoms with van der Waals surface area (Å²) in [5, 5.41) is 1.14. The predicted molar refractivity (Wildman–Crippen MR) is 114 cm³/mol. The molecular weight excluding hydrogens is 323 g/mol. The van der Waals surface area contributed by atoms with Crippen LogP contribution in [0.3, 0.4) is 0 Å². The standard InChI is InChI=1S/C25H27O.Li/c1-3-13-21(2)20-26-25(22-14-7-4-8-15-22,23-16-9-5-10-17-23)24-18-11-6-12-19-24;/h4-12,14-19,21H,2-3,13,20H2,1H3;. The molecule has 3 rings (SSSR count). The van der Waals surface area contributed by atoms with Crippen molar-refractivity contribution in [1.82, 2.24) is 0 Å². The van der Waals surface area contributed by atoms with Gasteiger partial charge in [-0.25, -0.2) is 0 Å². The Hall–Kier alpha value is -1.78. The molecule has 0 spiro atoms. The third-order valence-electron chi connectivity index (χ3n) is 5.35. The van der Waals surface area contributed by atoms with E-state index >= 15 is 0 Å². The van der Waals surface area contributed by atoms with Crippen LogP contribution < -0.4 is 0 Å². The monoisotopic (exact) mass is 350 g/mol. The van der Waals surface area contributed by atoms with Crippen LogP contribution in [0.5, 0.6) is 0 Å². The van der Waals surface area contributed by atoms with Gasteiger partial charge in [-0.05, 0) is 0 Å². The molecule has 0 radical (unpaired) electrons. The topological polar surface area (TPSA) is 9.23 Å². The number of hydrogen-bond donors (Lipinski definition) is 0. The second-order valence-corrected chi connectivity index (χ2v) is 7.15. The van der Waals surface area contributed by atoms with Crippen LogP contribution in [0.25, 0.3) is 0 Å². The molecule has 0 aliphatic heterocycles. The Balaban J connectivity index is 2.14. The Labute approximate surface area is 173 Å². The minimum absolute atomic E-state index is 0.575. The summed E-state index contributed by atoms with van der Waals surface area (Å²) in [7, 11) is 0. The first-order valence-corrected chi connectivity index (χ1v) is 10.1. The second kappa shape index (κ2) is 9.95. The average Bonchev–Trinajstić information content (AvgIpc) is 2.75. The Morgan fingerprint density at radius 2 is 1.15 bits per heavy atom. The van der Waals surface area contributed by atoms with E-state index in [2.05, 4.69) is 116 Å². The SMILES string of the molecule is [Li][CH2]C(CCC)COC(c1ccccc1)(c1ccccc1)c1ccccc1. The maximum atomic E-state index is 6.89. The van der Waals surface area contributed by atoms with E-state index in [9.17, 15) is 0 Å². The molecular formula is C25H27LiO. The summed E-state index contributed by atoms with van der Waals surface area (Å²) in [4.78, 5) is 0. The van der Waals surface area contributed by atoms with Gasteiger partial charge >= 0.3 is 173 Å². The van der Waals surface area contributed by atoms with Gasteiger partial charge in [-0.2, -0.15) is 0 Å². The van der Waals surface area contributed by atoms with Crippen LogP contribution in [0.4, 0.5) is 0 Å². The van der Waals surface area contributed by atoms with Crippen molar-refractivity contribution < 1.29 is 4.74 Å². The zero-order chi connectivity index (χ0) is 19.0. The zero-order valence-corrected chi connectivity index (χ0v) is 16.5. The Morgan fingerprint density at radius 3 is 1.48 bits per heavy atom. The van der Waals surface area contributed by atoms with Crippen molar-refractivity contribution in [3.8, 4) is 0 Å². The van der Waals surface area contributed by atoms with Gasteiger partial charge in [0, 0.05) is 0 Å². The normalized spacial score (nSPS) is 12.7. The zero-order valence-electron chi connectivity index (χ0n) is 16.5. The molecule has 0 fully saturated rings. The molecule has 0 bridgehead atoms. The van der Waals surface area contributed by atoms with E-state index in [1.165, 1.54) is 29.5 Å². The molecule has 0 heterocycles. The van der Waals surface area contributed by atoms with Crippen molar-refractivity contribution in [2.24, 2.45) is 5.92 Å². The number of rotatable bonds is 9. The Kier molecular flexibility index (Phi) is 7.36. The third kappa shape index (κ3) is 4.56. The summed E-state index contributed by atoms with van der Waals surface area (Å²) >= 11 is 2.26. The third-order valence-corrected chi connectivity index (χ3v) is 5.35. The molecule has 0 saturated carbocycles. The van der Waals surface area contributed by atoms with Gasteiger partial charge in [0.05, 0.1) is 0 Å². The molecule has 2 heteroatoms. The van der Waals surface area contributed by atoms with Crippen LogP contribution >= 0.6 is 0 Å². The first-order valence-electron chi connectivity index (χ1n) is 10.1. The van der Waals surface area contributed by atoms with Crippen LogP contribution in [0, 0.1) is 5.92 Å². The summed E-state index contributed by atoms with van der Waals surface area (Å²) < 4.78 is 6.89. The fourth-order valence-electron chi connectivity index (χ4n) is 3.82. The quantitative estimate of drug-likeness (QED) is 0.340. The first kappa shape index (κ1) is 20.0. The molecule has 27 heavy (non-hydrogen) atoms. The summed E-state index contributed by atoms with van der Waals surface area (Å²) in [5.41, 5.74) is 2.93. The first-order chi connectivity index (χ1) is 13.3. The molecule has 0 aromatic heterocycles. The predicted octanol–water partition coefficient (Wildman–Crippen LogP) is 6.00. The van der Waals surface area contributed by atoms with Gasteiger partial charge in [-0.3, -0.25) is 0 Å². The van der Waals surface area contributed by atoms with Gasteiger partial charge in [0.25, 0.3) is 0 Å². The van der Waals surface area contributed by atoms with Crippen molar-refractivity contribution in [2.45, 2.75) is 30.5 Å². The van der Waals surface area contributed by atoms with Crippen LogP contribution in [0.15, 0.2) is 91.0 Å². The molecule has 3 aromatic rings. The summed E-state index contributed by atoms with van der Waals surface area (Å²) in [6.07, 6.45) is 2.39. The van der Waals surface area contributed by atoms with E-state index in [1.807, 2.05) is 0 Å². The van der Waals surface area contributed by atoms with Crippen molar-refractivity contribution in [3.05, 3.63) is 108 Å². The molecule has 0 aliphatic carbocycles. The van der Waals surface area contributed by atoms with E-state index in [1.54, 1.807) is 0 Å². The molecule has 0 amide bonds. The molecule has 1 nitrogen and oxygen atoms in total. The van der Waals surface area contributed by atoms with E-state index in [0.29, 0.717) is 5.92 Å². The molecule has 1 atom stereocenters. The van der Waals surface area contributed by atoms with Gasteiger partial charge in [-0.15, -0.1) is 0 Å². The summed E-state index contributed by atoms with van der Waals surface area (Å²) in [6, 6.07) is 31.9. The Bertz CT molecular complexity index is 690. The van der Waals surface area contributed by atoms with Crippen molar-refractivity contribution >= 4 is 17.7 Å². The molecule has 0 aliphatic rings. The van der Waals surface area contributed by atoms with Crippen molar-refractivity contribution in [2.75, 3.05) is 6.61 Å². The van der Waals surface area contributed by atoms with Crippen LogP contribution in [-0.2, 0) is 10.3 Å². The summed E-state index contributed by atoms with van der Waals surface area (Å²) in [6.45, 7) is 3.00. The molecule has 3 aromatic carbocycles. The van der Waals surface area contributed by atoms with Crippen LogP contribution in [-0.4, -0.2) is 24.3 Å². The second-order valence-electron chi connectivity index (χ2n) is 7.15. The fraction of sp³-hybridized carbons (Fsp3) is 0.280. The fourth-order valence-corrected chi connectivity index (χ4v) is 3.82. The van der Waals surface area contributed by atoms with Gasteiger partial charge in [0.1, 0.15) is 0 Å². The van der Waals surface area contributed by atoms with E-state index in [4.69, 9.17) is 4.74 Å². The van der Waals surface area contributed by atoms with E-state index in [0.717, 1.165) is 11.7 Å². The molecule has 0 saturated heterocycles. The molecule has 134 valence electrons. The van der Waals surface area contributed by atoms with Gasteiger partial charge in [0.2, 0.25) is 0 Å². The Morgan fingerprint density at radius 1 is 0.741 bits per heavy atom. The summed E-state index contributed by atoms with van der Waals surface area (Å²) in [5.74, 6) is 0.575. The van der Waals surface area contributed by atoms with E-state index in [-0.39, 0.29) is 0 Å². The van der Waals surface area contributed by atoms with Gasteiger partial charge < -0.3 is 0 Å². The van der Waals surface area contributed by atoms with Gasteiger partial charge in [-0.1, -0.05) is 0 Å². The minimum atomic E-state index is -0.592. The van der Waals surface area contributed by atoms with Crippen LogP contribution in [0.1, 0.15) is 36.5 Å². The van der Waals surface area contributed by atoms with E-state index < -0.39 is 5.60 Å². The van der Waals surface area contributed by atoms with Gasteiger partial charge in [0.15, 0.2) is 0 Å². The van der Waals surface area contributed by atoms with Crippen molar-refractivity contribution in [1.29, 1.82) is 0 Å². The average molecular weight is 350 g/mol. The van der Waals surface area contributed by atoms with Crippen LogP contribution in [0.2, 0.25) is 5.09 Å². The number of benzene rings is 3. The molecule has 0 N–H and O–H groups in total. The number of hydrogen-bond acceptors (Lipinski definition) is 1. The molecule has 1 unspecified atom stereocenters. The number of ether oxygens (including phenoxy) is 1. The van der Waals surface area contributed by atoms with Crippen molar-refractivity contribution in [3.63, 3.8) is 0 Å².